The smallest absolute Gasteiger partial charge is 0.256 e. The number of nitrogens with zero attached hydrogens (tertiary/aromatic N) is 1. The van der Waals surface area contributed by atoms with Gasteiger partial charge in [-0.3, -0.25) is 4.79 Å². The van der Waals surface area contributed by atoms with Gasteiger partial charge in [-0.05, 0) is 92.1 Å². The van der Waals surface area contributed by atoms with Crippen LogP contribution in [0.15, 0.2) is 12.1 Å². The molecule has 0 spiro atoms. The molecular weight excluding hydrogens is 425 g/mol. The summed E-state index contributed by atoms with van der Waals surface area (Å²) in [5.41, 5.74) is 1.51. The molecule has 2 bridgehead atoms. The number of hydrogen-bond acceptors (Lipinski definition) is 2. The van der Waals surface area contributed by atoms with Crippen molar-refractivity contribution in [2.24, 2.45) is 35.0 Å². The first kappa shape index (κ1) is 24.1. The summed E-state index contributed by atoms with van der Waals surface area (Å²) in [6.07, 6.45) is 10.9. The number of amides is 1. The van der Waals surface area contributed by atoms with Crippen LogP contribution < -0.4 is 4.74 Å². The quantitative estimate of drug-likeness (QED) is 0.433. The summed E-state index contributed by atoms with van der Waals surface area (Å²) in [6, 6.07) is 3.38. The van der Waals surface area contributed by atoms with Crippen molar-refractivity contribution in [3.05, 3.63) is 29.1 Å². The highest BCUT2D eigenvalue weighted by Gasteiger charge is 2.43. The summed E-state index contributed by atoms with van der Waals surface area (Å²) in [5, 5.41) is 0. The predicted octanol–water partition coefficient (Wildman–Crippen LogP) is 7.44. The molecule has 1 aromatic carbocycles. The first-order chi connectivity index (χ1) is 16.2. The zero-order valence-corrected chi connectivity index (χ0v) is 21.7. The number of benzene rings is 1. The molecule has 0 aromatic heterocycles. The Balaban J connectivity index is 1.35. The van der Waals surface area contributed by atoms with E-state index in [9.17, 15) is 4.79 Å². The van der Waals surface area contributed by atoms with Crippen LogP contribution in [0.1, 0.15) is 107 Å². The SMILES string of the molecule is CC1CCC2CC(C)CC(COc3cc(F)c(C(=O)N4CCC(C(C)C)C4)cc3C3CC3)(C1)C2. The molecule has 4 fully saturated rings. The minimum Gasteiger partial charge on any atom is -0.493 e. The lowest BCUT2D eigenvalue weighted by Crippen LogP contribution is -2.37. The maximum Gasteiger partial charge on any atom is 0.256 e. The van der Waals surface area contributed by atoms with E-state index in [0.717, 1.165) is 55.7 Å². The van der Waals surface area contributed by atoms with Crippen molar-refractivity contribution in [2.45, 2.75) is 91.4 Å². The van der Waals surface area contributed by atoms with Crippen LogP contribution in [0.25, 0.3) is 0 Å². The number of carbonyl (C=O) groups excluding carboxylic acids is 1. The van der Waals surface area contributed by atoms with Crippen molar-refractivity contribution in [2.75, 3.05) is 19.7 Å². The van der Waals surface area contributed by atoms with Crippen LogP contribution in [-0.4, -0.2) is 30.5 Å². The third kappa shape index (κ3) is 5.02. The summed E-state index contributed by atoms with van der Waals surface area (Å²) in [5.74, 6) is 3.89. The van der Waals surface area contributed by atoms with Gasteiger partial charge in [-0.1, -0.05) is 40.5 Å². The monoisotopic (exact) mass is 469 g/mol. The molecule has 3 nitrogen and oxygen atoms in total. The van der Waals surface area contributed by atoms with E-state index in [1.807, 2.05) is 11.0 Å². The molecule has 0 N–H and O–H groups in total. The lowest BCUT2D eigenvalue weighted by Gasteiger charge is -2.43. The van der Waals surface area contributed by atoms with Crippen LogP contribution in [0.4, 0.5) is 4.39 Å². The Kier molecular flexibility index (Phi) is 6.72. The van der Waals surface area contributed by atoms with Crippen molar-refractivity contribution in [3.63, 3.8) is 0 Å². The molecule has 1 aromatic rings. The minimum atomic E-state index is -0.418. The minimum absolute atomic E-state index is 0.144. The van der Waals surface area contributed by atoms with Crippen molar-refractivity contribution in [1.29, 1.82) is 0 Å². The van der Waals surface area contributed by atoms with Gasteiger partial charge in [-0.15, -0.1) is 0 Å². The second kappa shape index (κ2) is 9.47. The Morgan fingerprint density at radius 3 is 2.56 bits per heavy atom. The highest BCUT2D eigenvalue weighted by molar-refractivity contribution is 5.95. The topological polar surface area (TPSA) is 29.5 Å². The number of halogens is 1. The van der Waals surface area contributed by atoms with Crippen LogP contribution in [0.5, 0.6) is 5.75 Å². The van der Waals surface area contributed by atoms with Gasteiger partial charge >= 0.3 is 0 Å². The average molecular weight is 470 g/mol. The molecule has 3 saturated carbocycles. The zero-order chi connectivity index (χ0) is 24.0. The fraction of sp³-hybridized carbons (Fsp3) is 0.767. The van der Waals surface area contributed by atoms with Gasteiger partial charge in [0.15, 0.2) is 0 Å². The fourth-order valence-corrected chi connectivity index (χ4v) is 7.59. The number of rotatable bonds is 6. The Morgan fingerprint density at radius 2 is 1.85 bits per heavy atom. The number of hydrogen-bond donors (Lipinski definition) is 0. The van der Waals surface area contributed by atoms with Crippen molar-refractivity contribution in [3.8, 4) is 5.75 Å². The Labute approximate surface area is 205 Å². The number of likely N-dealkylation sites (tertiary alicyclic amines) is 1. The molecule has 5 unspecified atom stereocenters. The first-order valence-corrected chi connectivity index (χ1v) is 14.0. The van der Waals surface area contributed by atoms with E-state index in [4.69, 9.17) is 4.74 Å². The van der Waals surface area contributed by atoms with E-state index in [1.54, 1.807) is 0 Å². The van der Waals surface area contributed by atoms with Crippen LogP contribution >= 0.6 is 0 Å². The van der Waals surface area contributed by atoms with Crippen LogP contribution in [-0.2, 0) is 0 Å². The van der Waals surface area contributed by atoms with E-state index in [-0.39, 0.29) is 16.9 Å². The number of ether oxygens (including phenoxy) is 1. The maximum atomic E-state index is 15.4. The van der Waals surface area contributed by atoms with Gasteiger partial charge in [0.05, 0.1) is 12.2 Å². The Morgan fingerprint density at radius 1 is 1.09 bits per heavy atom. The Bertz CT molecular complexity index is 905. The first-order valence-electron chi connectivity index (χ1n) is 14.0. The largest absolute Gasteiger partial charge is 0.493 e. The van der Waals surface area contributed by atoms with Crippen LogP contribution in [0.2, 0.25) is 0 Å². The van der Waals surface area contributed by atoms with Crippen LogP contribution in [0, 0.1) is 40.8 Å². The van der Waals surface area contributed by atoms with Crippen molar-refractivity contribution in [1.82, 2.24) is 4.90 Å². The lowest BCUT2D eigenvalue weighted by molar-refractivity contribution is 0.0377. The van der Waals surface area contributed by atoms with Gasteiger partial charge in [0, 0.05) is 24.6 Å². The van der Waals surface area contributed by atoms with Gasteiger partial charge < -0.3 is 9.64 Å². The van der Waals surface area contributed by atoms with Gasteiger partial charge in [0.2, 0.25) is 0 Å². The van der Waals surface area contributed by atoms with Gasteiger partial charge in [-0.2, -0.15) is 0 Å². The molecule has 188 valence electrons. The molecule has 1 heterocycles. The lowest BCUT2D eigenvalue weighted by atomic mass is 9.65. The zero-order valence-electron chi connectivity index (χ0n) is 21.7. The third-order valence-electron chi connectivity index (χ3n) is 9.42. The normalized spacial score (nSPS) is 33.8. The molecule has 1 aliphatic heterocycles. The predicted molar refractivity (Wildman–Crippen MR) is 135 cm³/mol. The average Bonchev–Trinajstić information content (AvgIpc) is 3.51. The van der Waals surface area contributed by atoms with Gasteiger partial charge in [-0.25, -0.2) is 4.39 Å². The molecule has 3 aliphatic carbocycles. The molecule has 0 radical (unpaired) electrons. The molecule has 1 amide bonds. The van der Waals surface area contributed by atoms with Crippen molar-refractivity contribution < 1.29 is 13.9 Å². The van der Waals surface area contributed by atoms with Gasteiger partial charge in [0.1, 0.15) is 11.6 Å². The standard InChI is InChI=1S/C30H44FNO2/c1-19(2)24-9-10-32(17-24)29(33)26-12-25(23-7-8-23)28(13-27(26)31)34-18-30-14-20(3)5-6-22(16-30)11-21(4)15-30/h12-13,19-24H,5-11,14-18H2,1-4H3. The molecule has 4 aliphatic rings. The van der Waals surface area contributed by atoms with Crippen LogP contribution in [0.3, 0.4) is 0 Å². The molecule has 5 rings (SSSR count). The molecule has 4 heteroatoms. The van der Waals surface area contributed by atoms with E-state index >= 15 is 4.39 Å². The Hall–Kier alpha value is -1.58. The fourth-order valence-electron chi connectivity index (χ4n) is 7.59. The molecular formula is C30H44FNO2. The molecule has 1 saturated heterocycles. The highest BCUT2D eigenvalue weighted by Crippen LogP contribution is 2.52. The van der Waals surface area contributed by atoms with E-state index in [1.165, 1.54) is 44.6 Å². The molecule has 34 heavy (non-hydrogen) atoms. The number of fused-ring (bicyclic) bond motifs is 2. The summed E-state index contributed by atoms with van der Waals surface area (Å²) in [6.45, 7) is 11.4. The maximum absolute atomic E-state index is 15.4. The summed E-state index contributed by atoms with van der Waals surface area (Å²) in [7, 11) is 0. The van der Waals surface area contributed by atoms with Crippen molar-refractivity contribution >= 4 is 5.91 Å². The van der Waals surface area contributed by atoms with E-state index in [2.05, 4.69) is 27.7 Å². The second-order valence-electron chi connectivity index (χ2n) is 13.0. The van der Waals surface area contributed by atoms with E-state index in [0.29, 0.717) is 30.1 Å². The number of carbonyl (C=O) groups is 1. The highest BCUT2D eigenvalue weighted by atomic mass is 19.1. The molecule has 5 atom stereocenters. The van der Waals surface area contributed by atoms with Gasteiger partial charge in [0.25, 0.3) is 5.91 Å². The van der Waals surface area contributed by atoms with E-state index < -0.39 is 5.82 Å². The summed E-state index contributed by atoms with van der Waals surface area (Å²) < 4.78 is 21.9. The summed E-state index contributed by atoms with van der Waals surface area (Å²) in [4.78, 5) is 15.1. The summed E-state index contributed by atoms with van der Waals surface area (Å²) >= 11 is 0. The third-order valence-corrected chi connectivity index (χ3v) is 9.42. The second-order valence-corrected chi connectivity index (χ2v) is 13.0.